The Morgan fingerprint density at radius 2 is 2.32 bits per heavy atom. The van der Waals surface area contributed by atoms with Crippen molar-refractivity contribution in [2.45, 2.75) is 13.3 Å². The number of carbonyl (C=O) groups excluding carboxylic acids is 1. The third-order valence-corrected chi connectivity index (χ3v) is 3.93. The Hall–Kier alpha value is -1.88. The van der Waals surface area contributed by atoms with Gasteiger partial charge in [0.2, 0.25) is 5.91 Å². The van der Waals surface area contributed by atoms with E-state index < -0.39 is 0 Å². The number of nitrogens with zero attached hydrogens (tertiary/aromatic N) is 1. The molecule has 0 saturated heterocycles. The lowest BCUT2D eigenvalue weighted by Crippen LogP contribution is -2.32. The maximum Gasteiger partial charge on any atom is 0.233 e. The number of benzene rings is 1. The number of hydrogen-bond donors (Lipinski definition) is 1. The first kappa shape index (κ1) is 12.2. The quantitative estimate of drug-likeness (QED) is 0.916. The van der Waals surface area contributed by atoms with Crippen LogP contribution in [0.3, 0.4) is 0 Å². The molecule has 0 fully saturated rings. The lowest BCUT2D eigenvalue weighted by Gasteiger charge is -2.24. The van der Waals surface area contributed by atoms with Crippen molar-refractivity contribution in [1.29, 1.82) is 0 Å². The van der Waals surface area contributed by atoms with Crippen LogP contribution in [0.25, 0.3) is 0 Å². The molecule has 2 heterocycles. The van der Waals surface area contributed by atoms with Gasteiger partial charge in [-0.25, -0.2) is 4.98 Å². The first-order chi connectivity index (χ1) is 9.22. The normalized spacial score (nSPS) is 17.4. The number of hydrogen-bond acceptors (Lipinski definition) is 4. The molecule has 98 valence electrons. The van der Waals surface area contributed by atoms with Gasteiger partial charge in [0, 0.05) is 11.1 Å². The van der Waals surface area contributed by atoms with Crippen molar-refractivity contribution in [3.63, 3.8) is 0 Å². The van der Waals surface area contributed by atoms with Crippen LogP contribution in [-0.2, 0) is 11.2 Å². The molecule has 4 nitrogen and oxygen atoms in total. The number of thiazole rings is 1. The summed E-state index contributed by atoms with van der Waals surface area (Å²) in [5, 5.41) is 3.51. The highest BCUT2D eigenvalue weighted by Crippen LogP contribution is 2.27. The summed E-state index contributed by atoms with van der Waals surface area (Å²) in [5.41, 5.74) is 1.09. The van der Waals surface area contributed by atoms with E-state index in [1.54, 1.807) is 6.20 Å². The number of para-hydroxylation sites is 1. The van der Waals surface area contributed by atoms with Crippen molar-refractivity contribution < 1.29 is 9.53 Å². The minimum Gasteiger partial charge on any atom is -0.492 e. The molecule has 5 heteroatoms. The van der Waals surface area contributed by atoms with Gasteiger partial charge in [0.25, 0.3) is 0 Å². The van der Waals surface area contributed by atoms with E-state index in [0.717, 1.165) is 16.2 Å². The van der Waals surface area contributed by atoms with Gasteiger partial charge in [0.1, 0.15) is 12.4 Å². The Labute approximate surface area is 115 Å². The van der Waals surface area contributed by atoms with Crippen molar-refractivity contribution in [3.8, 4) is 5.75 Å². The molecule has 19 heavy (non-hydrogen) atoms. The third kappa shape index (κ3) is 2.61. The van der Waals surface area contributed by atoms with Crippen LogP contribution >= 0.6 is 11.3 Å². The third-order valence-electron chi connectivity index (χ3n) is 3.10. The molecule has 1 aromatic heterocycles. The number of aromatic nitrogens is 1. The molecule has 0 saturated carbocycles. The van der Waals surface area contributed by atoms with Gasteiger partial charge in [0.15, 0.2) is 5.13 Å². The second-order valence-electron chi connectivity index (χ2n) is 4.59. The zero-order chi connectivity index (χ0) is 13.2. The summed E-state index contributed by atoms with van der Waals surface area (Å²) in [6, 6.07) is 7.85. The van der Waals surface area contributed by atoms with Crippen LogP contribution in [0.15, 0.2) is 30.5 Å². The highest BCUT2D eigenvalue weighted by atomic mass is 32.1. The van der Waals surface area contributed by atoms with E-state index in [-0.39, 0.29) is 11.8 Å². The smallest absolute Gasteiger partial charge is 0.233 e. The SMILES string of the molecule is Cc1cnc(NC(=O)C2COc3ccccc3C2)s1. The van der Waals surface area contributed by atoms with Gasteiger partial charge in [-0.3, -0.25) is 4.79 Å². The Kier molecular flexibility index (Phi) is 3.21. The minimum atomic E-state index is -0.154. The summed E-state index contributed by atoms with van der Waals surface area (Å²) < 4.78 is 5.62. The molecular weight excluding hydrogens is 260 g/mol. The summed E-state index contributed by atoms with van der Waals surface area (Å²) in [5.74, 6) is 0.708. The molecule has 0 bridgehead atoms. The summed E-state index contributed by atoms with van der Waals surface area (Å²) in [6.07, 6.45) is 2.47. The van der Waals surface area contributed by atoms with Gasteiger partial charge in [-0.05, 0) is 25.0 Å². The lowest BCUT2D eigenvalue weighted by atomic mass is 9.96. The predicted molar refractivity (Wildman–Crippen MR) is 74.6 cm³/mol. The Bertz CT molecular complexity index is 609. The van der Waals surface area contributed by atoms with Crippen LogP contribution in [0.2, 0.25) is 0 Å². The second kappa shape index (κ2) is 5.01. The molecule has 1 aromatic carbocycles. The number of rotatable bonds is 2. The first-order valence-electron chi connectivity index (χ1n) is 6.16. The number of anilines is 1. The van der Waals surface area contributed by atoms with Crippen molar-refractivity contribution in [2.24, 2.45) is 5.92 Å². The van der Waals surface area contributed by atoms with Crippen molar-refractivity contribution in [3.05, 3.63) is 40.9 Å². The van der Waals surface area contributed by atoms with Crippen LogP contribution < -0.4 is 10.1 Å². The highest BCUT2D eigenvalue weighted by Gasteiger charge is 2.26. The number of fused-ring (bicyclic) bond motifs is 1. The Morgan fingerprint density at radius 1 is 1.47 bits per heavy atom. The maximum absolute atomic E-state index is 12.2. The van der Waals surface area contributed by atoms with Gasteiger partial charge in [-0.2, -0.15) is 0 Å². The zero-order valence-corrected chi connectivity index (χ0v) is 11.4. The van der Waals surface area contributed by atoms with E-state index in [2.05, 4.69) is 10.3 Å². The molecule has 0 aliphatic carbocycles. The monoisotopic (exact) mass is 274 g/mol. The summed E-state index contributed by atoms with van der Waals surface area (Å²) in [4.78, 5) is 17.4. The van der Waals surface area contributed by atoms with Gasteiger partial charge in [-0.15, -0.1) is 11.3 Å². The lowest BCUT2D eigenvalue weighted by molar-refractivity contribution is -0.121. The van der Waals surface area contributed by atoms with E-state index in [1.807, 2.05) is 31.2 Å². The van der Waals surface area contributed by atoms with E-state index >= 15 is 0 Å². The second-order valence-corrected chi connectivity index (χ2v) is 5.82. The van der Waals surface area contributed by atoms with Gasteiger partial charge in [-0.1, -0.05) is 18.2 Å². The fourth-order valence-corrected chi connectivity index (χ4v) is 2.78. The average Bonchev–Trinajstić information content (AvgIpc) is 2.83. The highest BCUT2D eigenvalue weighted by molar-refractivity contribution is 7.15. The molecule has 0 radical (unpaired) electrons. The van der Waals surface area contributed by atoms with Gasteiger partial charge < -0.3 is 10.1 Å². The fourth-order valence-electron chi connectivity index (χ4n) is 2.12. The van der Waals surface area contributed by atoms with Gasteiger partial charge >= 0.3 is 0 Å². The van der Waals surface area contributed by atoms with E-state index in [1.165, 1.54) is 11.3 Å². The van der Waals surface area contributed by atoms with Crippen LogP contribution in [0.4, 0.5) is 5.13 Å². The maximum atomic E-state index is 12.2. The number of amides is 1. The van der Waals surface area contributed by atoms with Crippen molar-refractivity contribution in [1.82, 2.24) is 4.98 Å². The Balaban J connectivity index is 1.69. The van der Waals surface area contributed by atoms with Crippen molar-refractivity contribution >= 4 is 22.4 Å². The van der Waals surface area contributed by atoms with E-state index in [4.69, 9.17) is 4.74 Å². The molecular formula is C14H14N2O2S. The number of aryl methyl sites for hydroxylation is 1. The molecule has 1 unspecified atom stereocenters. The summed E-state index contributed by atoms with van der Waals surface area (Å²) in [7, 11) is 0. The molecule has 1 aliphatic heterocycles. The zero-order valence-electron chi connectivity index (χ0n) is 10.6. The predicted octanol–water partition coefficient (Wildman–Crippen LogP) is 2.64. The standard InChI is InChI=1S/C14H14N2O2S/c1-9-7-15-14(19-9)16-13(17)11-6-10-4-2-3-5-12(10)18-8-11/h2-5,7,11H,6,8H2,1H3,(H,15,16,17). The first-order valence-corrected chi connectivity index (χ1v) is 6.98. The van der Waals surface area contributed by atoms with Crippen LogP contribution in [0.1, 0.15) is 10.4 Å². The number of carbonyl (C=O) groups is 1. The number of ether oxygens (including phenoxy) is 1. The Morgan fingerprint density at radius 3 is 3.11 bits per heavy atom. The molecule has 0 spiro atoms. The molecule has 2 aromatic rings. The van der Waals surface area contributed by atoms with Crippen LogP contribution in [0, 0.1) is 12.8 Å². The topological polar surface area (TPSA) is 51.2 Å². The average molecular weight is 274 g/mol. The molecule has 1 N–H and O–H groups in total. The minimum absolute atomic E-state index is 0.0242. The number of nitrogens with one attached hydrogen (secondary N) is 1. The van der Waals surface area contributed by atoms with Crippen molar-refractivity contribution in [2.75, 3.05) is 11.9 Å². The van der Waals surface area contributed by atoms with Crippen LogP contribution in [0.5, 0.6) is 5.75 Å². The fraction of sp³-hybridized carbons (Fsp3) is 0.286. The van der Waals surface area contributed by atoms with Crippen LogP contribution in [-0.4, -0.2) is 17.5 Å². The largest absolute Gasteiger partial charge is 0.492 e. The molecule has 1 aliphatic rings. The summed E-state index contributed by atoms with van der Waals surface area (Å²) in [6.45, 7) is 2.39. The molecule has 1 amide bonds. The van der Waals surface area contributed by atoms with E-state index in [9.17, 15) is 4.79 Å². The molecule has 1 atom stereocenters. The van der Waals surface area contributed by atoms with E-state index in [0.29, 0.717) is 18.2 Å². The summed E-state index contributed by atoms with van der Waals surface area (Å²) >= 11 is 1.48. The van der Waals surface area contributed by atoms with Gasteiger partial charge in [0.05, 0.1) is 5.92 Å². The molecule has 3 rings (SSSR count).